The third-order valence-corrected chi connectivity index (χ3v) is 4.24. The number of aliphatic hydroxyl groups excluding tert-OH is 1. The van der Waals surface area contributed by atoms with Gasteiger partial charge in [-0.15, -0.1) is 5.10 Å². The van der Waals surface area contributed by atoms with Gasteiger partial charge in [0.25, 0.3) is 0 Å². The van der Waals surface area contributed by atoms with E-state index in [-0.39, 0.29) is 25.0 Å². The van der Waals surface area contributed by atoms with Crippen LogP contribution in [0.15, 0.2) is 24.4 Å². The van der Waals surface area contributed by atoms with E-state index >= 15 is 0 Å². The molecule has 0 saturated heterocycles. The van der Waals surface area contributed by atoms with Gasteiger partial charge in [0.1, 0.15) is 11.4 Å². The first kappa shape index (κ1) is 16.0. The lowest BCUT2D eigenvalue weighted by Gasteiger charge is -2.26. The fourth-order valence-corrected chi connectivity index (χ4v) is 2.84. The zero-order chi connectivity index (χ0) is 16.2. The van der Waals surface area contributed by atoms with E-state index in [1.165, 1.54) is 23.0 Å². The molecule has 1 aliphatic carbocycles. The molecule has 7 heteroatoms. The smallest absolute Gasteiger partial charge is 0.184 e. The Labute approximate surface area is 132 Å². The van der Waals surface area contributed by atoms with Crippen LogP contribution in [-0.2, 0) is 11.3 Å². The molecule has 124 valence electrons. The second-order valence-corrected chi connectivity index (χ2v) is 5.86. The Morgan fingerprint density at radius 2 is 2.00 bits per heavy atom. The molecule has 0 radical (unpaired) electrons. The number of aliphatic hydroxyl groups is 1. The summed E-state index contributed by atoms with van der Waals surface area (Å²) in [6.07, 6.45) is 5.44. The van der Waals surface area contributed by atoms with Crippen LogP contribution in [-0.4, -0.2) is 32.8 Å². The highest BCUT2D eigenvalue weighted by molar-refractivity contribution is 5.33. The minimum absolute atomic E-state index is 0.0206. The Bertz CT molecular complexity index is 655. The number of hydrogen-bond donors (Lipinski definition) is 1. The molecule has 0 atom stereocenters. The van der Waals surface area contributed by atoms with E-state index in [9.17, 15) is 8.78 Å². The van der Waals surface area contributed by atoms with E-state index in [2.05, 4.69) is 10.3 Å². The molecule has 1 N–H and O–H groups in total. The lowest BCUT2D eigenvalue weighted by Crippen LogP contribution is -2.23. The molecule has 1 fully saturated rings. The van der Waals surface area contributed by atoms with Crippen molar-refractivity contribution < 1.29 is 18.6 Å². The fraction of sp³-hybridized carbons (Fsp3) is 0.500. The van der Waals surface area contributed by atoms with Gasteiger partial charge in [0.05, 0.1) is 18.9 Å². The summed E-state index contributed by atoms with van der Waals surface area (Å²) in [5, 5.41) is 16.9. The van der Waals surface area contributed by atoms with Crippen molar-refractivity contribution >= 4 is 0 Å². The van der Waals surface area contributed by atoms with Crippen LogP contribution >= 0.6 is 0 Å². The molecule has 0 spiro atoms. The summed E-state index contributed by atoms with van der Waals surface area (Å²) in [7, 11) is 0. The SMILES string of the molecule is OCC1CCC(OCc2cn(-c3cccc(F)c3F)nn2)CC1. The van der Waals surface area contributed by atoms with Gasteiger partial charge in [-0.2, -0.15) is 0 Å². The summed E-state index contributed by atoms with van der Waals surface area (Å²) in [5.74, 6) is -1.49. The quantitative estimate of drug-likeness (QED) is 0.919. The first-order chi connectivity index (χ1) is 11.2. The summed E-state index contributed by atoms with van der Waals surface area (Å²) in [5.41, 5.74) is 0.588. The molecule has 0 bridgehead atoms. The van der Waals surface area contributed by atoms with Gasteiger partial charge in [0.2, 0.25) is 0 Å². The summed E-state index contributed by atoms with van der Waals surface area (Å²) in [4.78, 5) is 0. The van der Waals surface area contributed by atoms with Crippen molar-refractivity contribution in [2.45, 2.75) is 38.4 Å². The largest absolute Gasteiger partial charge is 0.396 e. The van der Waals surface area contributed by atoms with Crippen molar-refractivity contribution in [1.29, 1.82) is 0 Å². The number of aromatic nitrogens is 3. The molecular weight excluding hydrogens is 304 g/mol. The van der Waals surface area contributed by atoms with Gasteiger partial charge in [0.15, 0.2) is 11.6 Å². The summed E-state index contributed by atoms with van der Waals surface area (Å²) < 4.78 is 34.0. The van der Waals surface area contributed by atoms with Gasteiger partial charge >= 0.3 is 0 Å². The molecule has 1 saturated carbocycles. The zero-order valence-corrected chi connectivity index (χ0v) is 12.7. The van der Waals surface area contributed by atoms with Gasteiger partial charge in [-0.05, 0) is 43.7 Å². The number of ether oxygens (including phenoxy) is 1. The normalized spacial score (nSPS) is 21.5. The highest BCUT2D eigenvalue weighted by Crippen LogP contribution is 2.26. The second-order valence-electron chi connectivity index (χ2n) is 5.86. The Kier molecular flexibility index (Phi) is 4.97. The van der Waals surface area contributed by atoms with Gasteiger partial charge in [-0.1, -0.05) is 11.3 Å². The maximum absolute atomic E-state index is 13.7. The maximum atomic E-state index is 13.7. The van der Waals surface area contributed by atoms with Crippen LogP contribution in [0.3, 0.4) is 0 Å². The average Bonchev–Trinajstić information content (AvgIpc) is 3.04. The molecule has 0 amide bonds. The summed E-state index contributed by atoms with van der Waals surface area (Å²) in [6, 6.07) is 3.92. The number of benzene rings is 1. The van der Waals surface area contributed by atoms with Crippen molar-refractivity contribution in [1.82, 2.24) is 15.0 Å². The van der Waals surface area contributed by atoms with Crippen LogP contribution in [0.4, 0.5) is 8.78 Å². The minimum atomic E-state index is -0.952. The monoisotopic (exact) mass is 323 g/mol. The number of rotatable bonds is 5. The molecule has 2 aromatic rings. The second kappa shape index (κ2) is 7.14. The maximum Gasteiger partial charge on any atom is 0.184 e. The standard InChI is InChI=1S/C16H19F2N3O2/c17-14-2-1-3-15(16(14)18)21-8-12(19-20-21)10-23-13-6-4-11(9-22)5-7-13/h1-3,8,11,13,22H,4-7,9-10H2. The highest BCUT2D eigenvalue weighted by atomic mass is 19.2. The Morgan fingerprint density at radius 1 is 1.22 bits per heavy atom. The average molecular weight is 323 g/mol. The van der Waals surface area contributed by atoms with Crippen molar-refractivity contribution in [3.8, 4) is 5.69 Å². The van der Waals surface area contributed by atoms with E-state index in [1.807, 2.05) is 0 Å². The molecule has 1 aromatic heterocycles. The number of hydrogen-bond acceptors (Lipinski definition) is 4. The molecule has 1 aromatic carbocycles. The number of nitrogens with zero attached hydrogens (tertiary/aromatic N) is 3. The van der Waals surface area contributed by atoms with E-state index in [0.717, 1.165) is 31.7 Å². The zero-order valence-electron chi connectivity index (χ0n) is 12.7. The molecule has 1 heterocycles. The first-order valence-electron chi connectivity index (χ1n) is 7.75. The molecular formula is C16H19F2N3O2. The van der Waals surface area contributed by atoms with Crippen molar-refractivity contribution in [2.24, 2.45) is 5.92 Å². The molecule has 1 aliphatic rings. The first-order valence-corrected chi connectivity index (χ1v) is 7.75. The predicted octanol–water partition coefficient (Wildman–Crippen LogP) is 2.61. The van der Waals surface area contributed by atoms with Crippen molar-refractivity contribution in [3.05, 3.63) is 41.7 Å². The fourth-order valence-electron chi connectivity index (χ4n) is 2.84. The minimum Gasteiger partial charge on any atom is -0.396 e. The lowest BCUT2D eigenvalue weighted by molar-refractivity contribution is -0.000181. The van der Waals surface area contributed by atoms with Gasteiger partial charge in [-0.3, -0.25) is 0 Å². The van der Waals surface area contributed by atoms with E-state index < -0.39 is 11.6 Å². The van der Waals surface area contributed by atoms with Crippen LogP contribution in [0.5, 0.6) is 0 Å². The van der Waals surface area contributed by atoms with E-state index in [0.29, 0.717) is 11.6 Å². The summed E-state index contributed by atoms with van der Waals surface area (Å²) >= 11 is 0. The van der Waals surface area contributed by atoms with Crippen molar-refractivity contribution in [2.75, 3.05) is 6.61 Å². The molecule has 23 heavy (non-hydrogen) atoms. The Hall–Kier alpha value is -1.86. The highest BCUT2D eigenvalue weighted by Gasteiger charge is 2.21. The van der Waals surface area contributed by atoms with Gasteiger partial charge in [0, 0.05) is 6.61 Å². The number of halogens is 2. The molecule has 3 rings (SSSR count). The van der Waals surface area contributed by atoms with Crippen LogP contribution in [0.1, 0.15) is 31.4 Å². The van der Waals surface area contributed by atoms with Crippen molar-refractivity contribution in [3.63, 3.8) is 0 Å². The third-order valence-electron chi connectivity index (χ3n) is 4.24. The lowest BCUT2D eigenvalue weighted by atomic mass is 9.88. The van der Waals surface area contributed by atoms with Crippen LogP contribution in [0.2, 0.25) is 0 Å². The Balaban J connectivity index is 1.59. The third kappa shape index (κ3) is 3.73. The van der Waals surface area contributed by atoms with E-state index in [1.54, 1.807) is 0 Å². The van der Waals surface area contributed by atoms with Crippen LogP contribution < -0.4 is 0 Å². The van der Waals surface area contributed by atoms with Crippen LogP contribution in [0, 0.1) is 17.6 Å². The van der Waals surface area contributed by atoms with Gasteiger partial charge in [-0.25, -0.2) is 13.5 Å². The van der Waals surface area contributed by atoms with Crippen LogP contribution in [0.25, 0.3) is 5.69 Å². The predicted molar refractivity (Wildman–Crippen MR) is 78.9 cm³/mol. The molecule has 0 aliphatic heterocycles. The molecule has 0 unspecified atom stereocenters. The van der Waals surface area contributed by atoms with Gasteiger partial charge < -0.3 is 9.84 Å². The molecule has 5 nitrogen and oxygen atoms in total. The van der Waals surface area contributed by atoms with E-state index in [4.69, 9.17) is 9.84 Å². The summed E-state index contributed by atoms with van der Waals surface area (Å²) in [6.45, 7) is 0.519. The topological polar surface area (TPSA) is 60.2 Å². The Morgan fingerprint density at radius 3 is 2.74 bits per heavy atom.